The van der Waals surface area contributed by atoms with Crippen LogP contribution in [0, 0.1) is 0 Å². The number of anilines is 2. The summed E-state index contributed by atoms with van der Waals surface area (Å²) in [5.74, 6) is 0.693. The van der Waals surface area contributed by atoms with Gasteiger partial charge in [0.1, 0.15) is 5.69 Å². The Bertz CT molecular complexity index is 925. The van der Waals surface area contributed by atoms with Gasteiger partial charge >= 0.3 is 0 Å². The van der Waals surface area contributed by atoms with E-state index in [0.717, 1.165) is 11.3 Å². The SMILES string of the molecule is CCN(Cc1ccccc1)C(=O)c1ccnc(Nc2ccccc2C(C)C)n1. The number of hydrogen-bond donors (Lipinski definition) is 1. The van der Waals surface area contributed by atoms with Gasteiger partial charge in [-0.2, -0.15) is 0 Å². The molecule has 2 aromatic carbocycles. The molecule has 5 heteroatoms. The third kappa shape index (κ3) is 4.74. The Morgan fingerprint density at radius 3 is 2.46 bits per heavy atom. The van der Waals surface area contributed by atoms with E-state index in [9.17, 15) is 4.79 Å². The van der Waals surface area contributed by atoms with Crippen LogP contribution in [0.5, 0.6) is 0 Å². The van der Waals surface area contributed by atoms with Crippen LogP contribution in [-0.2, 0) is 6.54 Å². The van der Waals surface area contributed by atoms with Crippen LogP contribution in [0.1, 0.15) is 48.3 Å². The van der Waals surface area contributed by atoms with Crippen molar-refractivity contribution < 1.29 is 4.79 Å². The summed E-state index contributed by atoms with van der Waals surface area (Å²) in [6.07, 6.45) is 1.62. The zero-order chi connectivity index (χ0) is 19.9. The maximum atomic E-state index is 13.0. The largest absolute Gasteiger partial charge is 0.333 e. The fourth-order valence-electron chi connectivity index (χ4n) is 3.07. The Kier molecular flexibility index (Phi) is 6.37. The van der Waals surface area contributed by atoms with E-state index in [-0.39, 0.29) is 5.91 Å². The zero-order valence-electron chi connectivity index (χ0n) is 16.6. The standard InChI is InChI=1S/C23H26N4O/c1-4-27(16-18-10-6-5-7-11-18)22(28)21-14-15-24-23(26-21)25-20-13-9-8-12-19(20)17(2)3/h5-15,17H,4,16H2,1-3H3,(H,24,25,26). The summed E-state index contributed by atoms with van der Waals surface area (Å²) in [7, 11) is 0. The van der Waals surface area contributed by atoms with Crippen LogP contribution in [0.25, 0.3) is 0 Å². The van der Waals surface area contributed by atoms with Gasteiger partial charge in [-0.05, 0) is 36.1 Å². The van der Waals surface area contributed by atoms with E-state index in [1.54, 1.807) is 17.2 Å². The number of hydrogen-bond acceptors (Lipinski definition) is 4. The van der Waals surface area contributed by atoms with Crippen molar-refractivity contribution in [1.82, 2.24) is 14.9 Å². The molecule has 0 saturated heterocycles. The van der Waals surface area contributed by atoms with Crippen LogP contribution >= 0.6 is 0 Å². The Hall–Kier alpha value is -3.21. The van der Waals surface area contributed by atoms with Crippen LogP contribution < -0.4 is 5.32 Å². The van der Waals surface area contributed by atoms with E-state index in [0.29, 0.717) is 30.6 Å². The topological polar surface area (TPSA) is 58.1 Å². The third-order valence-electron chi connectivity index (χ3n) is 4.59. The summed E-state index contributed by atoms with van der Waals surface area (Å²) >= 11 is 0. The number of benzene rings is 2. The monoisotopic (exact) mass is 374 g/mol. The molecule has 144 valence electrons. The minimum atomic E-state index is -0.103. The lowest BCUT2D eigenvalue weighted by molar-refractivity contribution is 0.0746. The van der Waals surface area contributed by atoms with Gasteiger partial charge in [0.2, 0.25) is 5.95 Å². The minimum Gasteiger partial charge on any atom is -0.333 e. The van der Waals surface area contributed by atoms with E-state index >= 15 is 0 Å². The van der Waals surface area contributed by atoms with Crippen molar-refractivity contribution in [2.75, 3.05) is 11.9 Å². The van der Waals surface area contributed by atoms with E-state index in [2.05, 4.69) is 35.2 Å². The molecular weight excluding hydrogens is 348 g/mol. The summed E-state index contributed by atoms with van der Waals surface area (Å²) in [5, 5.41) is 3.26. The third-order valence-corrected chi connectivity index (χ3v) is 4.59. The van der Waals surface area contributed by atoms with Gasteiger partial charge in [-0.1, -0.05) is 62.4 Å². The number of para-hydroxylation sites is 1. The Morgan fingerprint density at radius 1 is 1.04 bits per heavy atom. The van der Waals surface area contributed by atoms with E-state index in [1.807, 2.05) is 55.5 Å². The second kappa shape index (κ2) is 9.13. The molecule has 1 heterocycles. The summed E-state index contributed by atoms with van der Waals surface area (Å²) in [4.78, 5) is 23.5. The van der Waals surface area contributed by atoms with Crippen LogP contribution in [0.2, 0.25) is 0 Å². The smallest absolute Gasteiger partial charge is 0.272 e. The van der Waals surface area contributed by atoms with Crippen molar-refractivity contribution in [3.63, 3.8) is 0 Å². The zero-order valence-corrected chi connectivity index (χ0v) is 16.6. The maximum absolute atomic E-state index is 13.0. The molecule has 0 unspecified atom stereocenters. The molecule has 0 spiro atoms. The lowest BCUT2D eigenvalue weighted by Gasteiger charge is -2.21. The van der Waals surface area contributed by atoms with Crippen molar-refractivity contribution in [2.24, 2.45) is 0 Å². The molecule has 1 aromatic heterocycles. The summed E-state index contributed by atoms with van der Waals surface area (Å²) in [5.41, 5.74) is 3.62. The number of amides is 1. The van der Waals surface area contributed by atoms with Gasteiger partial charge in [-0.15, -0.1) is 0 Å². The highest BCUT2D eigenvalue weighted by atomic mass is 16.2. The lowest BCUT2D eigenvalue weighted by Crippen LogP contribution is -2.31. The fraction of sp³-hybridized carbons (Fsp3) is 0.261. The maximum Gasteiger partial charge on any atom is 0.272 e. The molecule has 0 bridgehead atoms. The molecule has 3 aromatic rings. The highest BCUT2D eigenvalue weighted by molar-refractivity contribution is 5.92. The molecule has 0 aliphatic heterocycles. The van der Waals surface area contributed by atoms with Crippen molar-refractivity contribution in [1.29, 1.82) is 0 Å². The predicted octanol–water partition coefficient (Wildman–Crippen LogP) is 5.01. The van der Waals surface area contributed by atoms with E-state index in [4.69, 9.17) is 0 Å². The quantitative estimate of drug-likeness (QED) is 0.632. The van der Waals surface area contributed by atoms with Gasteiger partial charge in [-0.3, -0.25) is 4.79 Å². The lowest BCUT2D eigenvalue weighted by atomic mass is 10.0. The van der Waals surface area contributed by atoms with Crippen LogP contribution in [0.3, 0.4) is 0 Å². The highest BCUT2D eigenvalue weighted by Gasteiger charge is 2.17. The van der Waals surface area contributed by atoms with Crippen LogP contribution in [0.15, 0.2) is 66.9 Å². The Balaban J connectivity index is 1.79. The predicted molar refractivity (Wildman–Crippen MR) is 113 cm³/mol. The molecule has 5 nitrogen and oxygen atoms in total. The van der Waals surface area contributed by atoms with Crippen molar-refractivity contribution in [2.45, 2.75) is 33.2 Å². The number of carbonyl (C=O) groups is 1. The molecular formula is C23H26N4O. The molecule has 0 aliphatic carbocycles. The molecule has 1 amide bonds. The van der Waals surface area contributed by atoms with Gasteiger partial charge in [0, 0.05) is 25.0 Å². The summed E-state index contributed by atoms with van der Waals surface area (Å²) < 4.78 is 0. The van der Waals surface area contributed by atoms with Crippen LogP contribution in [-0.4, -0.2) is 27.3 Å². The highest BCUT2D eigenvalue weighted by Crippen LogP contribution is 2.25. The normalized spacial score (nSPS) is 10.7. The van der Waals surface area contributed by atoms with Crippen LogP contribution in [0.4, 0.5) is 11.6 Å². The van der Waals surface area contributed by atoms with Crippen molar-refractivity contribution in [3.05, 3.63) is 83.7 Å². The van der Waals surface area contributed by atoms with E-state index < -0.39 is 0 Å². The molecule has 0 atom stereocenters. The first kappa shape index (κ1) is 19.5. The number of carbonyl (C=O) groups excluding carboxylic acids is 1. The Morgan fingerprint density at radius 2 is 1.75 bits per heavy atom. The first-order valence-electron chi connectivity index (χ1n) is 9.60. The molecule has 0 saturated carbocycles. The minimum absolute atomic E-state index is 0.103. The summed E-state index contributed by atoms with van der Waals surface area (Å²) in [6, 6.07) is 19.7. The first-order chi connectivity index (χ1) is 13.6. The molecule has 28 heavy (non-hydrogen) atoms. The van der Waals surface area contributed by atoms with Crippen molar-refractivity contribution in [3.8, 4) is 0 Å². The Labute approximate surface area is 166 Å². The number of nitrogens with one attached hydrogen (secondary N) is 1. The average Bonchev–Trinajstić information content (AvgIpc) is 2.72. The van der Waals surface area contributed by atoms with Gasteiger partial charge < -0.3 is 10.2 Å². The van der Waals surface area contributed by atoms with Gasteiger partial charge in [0.05, 0.1) is 0 Å². The first-order valence-corrected chi connectivity index (χ1v) is 9.60. The molecule has 0 aliphatic rings. The van der Waals surface area contributed by atoms with E-state index in [1.165, 1.54) is 5.56 Å². The second-order valence-electron chi connectivity index (χ2n) is 6.94. The molecule has 0 fully saturated rings. The second-order valence-corrected chi connectivity index (χ2v) is 6.94. The number of aromatic nitrogens is 2. The number of nitrogens with zero attached hydrogens (tertiary/aromatic N) is 3. The molecule has 0 radical (unpaired) electrons. The fourth-order valence-corrected chi connectivity index (χ4v) is 3.07. The average molecular weight is 374 g/mol. The van der Waals surface area contributed by atoms with Gasteiger partial charge in [0.25, 0.3) is 5.91 Å². The van der Waals surface area contributed by atoms with Crippen molar-refractivity contribution >= 4 is 17.5 Å². The van der Waals surface area contributed by atoms with Gasteiger partial charge in [-0.25, -0.2) is 9.97 Å². The summed E-state index contributed by atoms with van der Waals surface area (Å²) in [6.45, 7) is 7.42. The number of rotatable bonds is 7. The molecule has 3 rings (SSSR count). The van der Waals surface area contributed by atoms with Gasteiger partial charge in [0.15, 0.2) is 0 Å². The molecule has 1 N–H and O–H groups in total.